The molecule has 1 aliphatic rings. The monoisotopic (exact) mass is 429 g/mol. The third-order valence-corrected chi connectivity index (χ3v) is 6.47. The van der Waals surface area contributed by atoms with Crippen molar-refractivity contribution in [3.8, 4) is 5.75 Å². The molecule has 162 valence electrons. The third-order valence-electron chi connectivity index (χ3n) is 5.26. The summed E-state index contributed by atoms with van der Waals surface area (Å²) >= 11 is 1.50. The lowest BCUT2D eigenvalue weighted by atomic mass is 9.95. The highest BCUT2D eigenvalue weighted by Crippen LogP contribution is 2.38. The van der Waals surface area contributed by atoms with Gasteiger partial charge in [-0.3, -0.25) is 4.79 Å². The second kappa shape index (κ2) is 11.2. The van der Waals surface area contributed by atoms with Gasteiger partial charge in [0.05, 0.1) is 18.8 Å². The van der Waals surface area contributed by atoms with E-state index < -0.39 is 0 Å². The molecule has 1 heterocycles. The van der Waals surface area contributed by atoms with Gasteiger partial charge in [0.1, 0.15) is 10.8 Å². The van der Waals surface area contributed by atoms with Crippen LogP contribution in [0.25, 0.3) is 0 Å². The highest BCUT2D eigenvalue weighted by atomic mass is 32.1. The molecule has 1 aromatic heterocycles. The molecule has 1 aliphatic carbocycles. The molecule has 0 fully saturated rings. The smallest absolute Gasteiger partial charge is 0.341 e. The molecule has 5 nitrogen and oxygen atoms in total. The van der Waals surface area contributed by atoms with E-state index in [1.807, 2.05) is 12.1 Å². The van der Waals surface area contributed by atoms with Crippen molar-refractivity contribution in [1.82, 2.24) is 0 Å². The number of aryl methyl sites for hydroxylation is 1. The van der Waals surface area contributed by atoms with Gasteiger partial charge in [-0.25, -0.2) is 4.79 Å². The van der Waals surface area contributed by atoms with E-state index in [0.29, 0.717) is 29.3 Å². The number of unbranched alkanes of at least 4 members (excludes halogenated alkanes) is 3. The van der Waals surface area contributed by atoms with Crippen LogP contribution >= 0.6 is 11.3 Å². The zero-order valence-corrected chi connectivity index (χ0v) is 18.7. The number of anilines is 1. The van der Waals surface area contributed by atoms with Gasteiger partial charge in [0.15, 0.2) is 0 Å². The Labute approximate surface area is 182 Å². The van der Waals surface area contributed by atoms with Gasteiger partial charge < -0.3 is 14.8 Å². The van der Waals surface area contributed by atoms with Gasteiger partial charge in [0.2, 0.25) is 0 Å². The van der Waals surface area contributed by atoms with E-state index in [1.165, 1.54) is 35.5 Å². The van der Waals surface area contributed by atoms with E-state index in [4.69, 9.17) is 9.47 Å². The zero-order chi connectivity index (χ0) is 21.3. The fraction of sp³-hybridized carbons (Fsp3) is 0.500. The molecule has 0 radical (unpaired) electrons. The Bertz CT molecular complexity index is 857. The van der Waals surface area contributed by atoms with Crippen LogP contribution < -0.4 is 10.1 Å². The van der Waals surface area contributed by atoms with Crippen LogP contribution in [0.2, 0.25) is 0 Å². The molecule has 2 aromatic rings. The SMILES string of the molecule is CCCCCCOc1ccc(C(=O)Nc2sc3c(c2C(=O)OCC)CCCC3)cc1. The summed E-state index contributed by atoms with van der Waals surface area (Å²) in [4.78, 5) is 26.5. The molecule has 6 heteroatoms. The van der Waals surface area contributed by atoms with Crippen molar-refractivity contribution in [2.45, 2.75) is 65.2 Å². The van der Waals surface area contributed by atoms with Crippen LogP contribution in [0.1, 0.15) is 83.5 Å². The Morgan fingerprint density at radius 3 is 2.53 bits per heavy atom. The largest absolute Gasteiger partial charge is 0.494 e. The van der Waals surface area contributed by atoms with Crippen LogP contribution in [0.5, 0.6) is 5.75 Å². The van der Waals surface area contributed by atoms with E-state index >= 15 is 0 Å². The molecule has 0 saturated carbocycles. The van der Waals surface area contributed by atoms with Gasteiger partial charge in [-0.05, 0) is 68.9 Å². The van der Waals surface area contributed by atoms with Crippen LogP contribution in [-0.2, 0) is 17.6 Å². The van der Waals surface area contributed by atoms with E-state index in [-0.39, 0.29) is 11.9 Å². The average molecular weight is 430 g/mol. The van der Waals surface area contributed by atoms with Crippen LogP contribution in [-0.4, -0.2) is 25.1 Å². The minimum atomic E-state index is -0.348. The summed E-state index contributed by atoms with van der Waals surface area (Å²) in [5.41, 5.74) is 2.12. The zero-order valence-electron chi connectivity index (χ0n) is 17.9. The van der Waals surface area contributed by atoms with Crippen molar-refractivity contribution < 1.29 is 19.1 Å². The summed E-state index contributed by atoms with van der Waals surface area (Å²) in [6, 6.07) is 7.16. The molecular weight excluding hydrogens is 398 g/mol. The van der Waals surface area contributed by atoms with Gasteiger partial charge in [-0.2, -0.15) is 0 Å². The van der Waals surface area contributed by atoms with Crippen molar-refractivity contribution >= 4 is 28.2 Å². The van der Waals surface area contributed by atoms with Crippen molar-refractivity contribution in [1.29, 1.82) is 0 Å². The second-order valence-corrected chi connectivity index (χ2v) is 8.63. The molecule has 0 unspecified atom stereocenters. The second-order valence-electron chi connectivity index (χ2n) is 7.52. The number of esters is 1. The molecule has 3 rings (SSSR count). The number of carbonyl (C=O) groups excluding carboxylic acids is 2. The van der Waals surface area contributed by atoms with Gasteiger partial charge in [-0.1, -0.05) is 26.2 Å². The number of benzene rings is 1. The summed E-state index contributed by atoms with van der Waals surface area (Å²) in [5, 5.41) is 3.55. The maximum atomic E-state index is 12.8. The number of amides is 1. The van der Waals surface area contributed by atoms with Gasteiger partial charge >= 0.3 is 5.97 Å². The first-order valence-corrected chi connectivity index (χ1v) is 11.8. The minimum Gasteiger partial charge on any atom is -0.494 e. The van der Waals surface area contributed by atoms with Crippen molar-refractivity contribution in [3.63, 3.8) is 0 Å². The minimum absolute atomic E-state index is 0.228. The molecule has 0 saturated heterocycles. The fourth-order valence-corrected chi connectivity index (χ4v) is 4.94. The Morgan fingerprint density at radius 2 is 1.80 bits per heavy atom. The molecule has 0 spiro atoms. The van der Waals surface area contributed by atoms with Crippen LogP contribution in [0.3, 0.4) is 0 Å². The number of carbonyl (C=O) groups is 2. The molecule has 1 N–H and O–H groups in total. The molecule has 0 bridgehead atoms. The maximum absolute atomic E-state index is 12.8. The molecule has 1 amide bonds. The van der Waals surface area contributed by atoms with E-state index in [2.05, 4.69) is 12.2 Å². The van der Waals surface area contributed by atoms with Gasteiger partial charge in [-0.15, -0.1) is 11.3 Å². The number of rotatable bonds is 10. The van der Waals surface area contributed by atoms with Gasteiger partial charge in [0, 0.05) is 10.4 Å². The predicted octanol–water partition coefficient (Wildman–Crippen LogP) is 6.02. The lowest BCUT2D eigenvalue weighted by Gasteiger charge is -2.12. The first kappa shape index (κ1) is 22.3. The highest BCUT2D eigenvalue weighted by Gasteiger charge is 2.27. The summed E-state index contributed by atoms with van der Waals surface area (Å²) < 4.78 is 11.0. The number of thiophene rings is 1. The van der Waals surface area contributed by atoms with E-state index in [0.717, 1.165) is 43.4 Å². The van der Waals surface area contributed by atoms with E-state index in [1.54, 1.807) is 19.1 Å². The summed E-state index contributed by atoms with van der Waals surface area (Å²) in [6.45, 7) is 4.99. The lowest BCUT2D eigenvalue weighted by molar-refractivity contribution is 0.0526. The first-order chi connectivity index (χ1) is 14.6. The first-order valence-electron chi connectivity index (χ1n) is 11.0. The summed E-state index contributed by atoms with van der Waals surface area (Å²) in [7, 11) is 0. The third kappa shape index (κ3) is 5.63. The number of hydrogen-bond acceptors (Lipinski definition) is 5. The molecule has 0 aliphatic heterocycles. The Balaban J connectivity index is 1.67. The molecule has 30 heavy (non-hydrogen) atoms. The standard InChI is InChI=1S/C24H31NO4S/c1-3-5-6-9-16-29-18-14-12-17(13-15-18)22(26)25-23-21(24(27)28-4-2)19-10-7-8-11-20(19)30-23/h12-15H,3-11,16H2,1-2H3,(H,25,26). The maximum Gasteiger partial charge on any atom is 0.341 e. The quantitative estimate of drug-likeness (QED) is 0.371. The Morgan fingerprint density at radius 1 is 1.03 bits per heavy atom. The Kier molecular flexibility index (Phi) is 8.31. The van der Waals surface area contributed by atoms with Crippen molar-refractivity contribution in [2.75, 3.05) is 18.5 Å². The molecule has 0 atom stereocenters. The summed E-state index contributed by atoms with van der Waals surface area (Å²) in [6.07, 6.45) is 8.62. The Hall–Kier alpha value is -2.34. The summed E-state index contributed by atoms with van der Waals surface area (Å²) in [5.74, 6) is 0.189. The lowest BCUT2D eigenvalue weighted by Crippen LogP contribution is -2.15. The fourth-order valence-electron chi connectivity index (χ4n) is 3.67. The normalized spacial score (nSPS) is 12.9. The van der Waals surface area contributed by atoms with Crippen LogP contribution in [0.4, 0.5) is 5.00 Å². The molecule has 1 aromatic carbocycles. The van der Waals surface area contributed by atoms with Gasteiger partial charge in [0.25, 0.3) is 5.91 Å². The van der Waals surface area contributed by atoms with E-state index in [9.17, 15) is 9.59 Å². The number of ether oxygens (including phenoxy) is 2. The van der Waals surface area contributed by atoms with Crippen molar-refractivity contribution in [3.05, 3.63) is 45.8 Å². The number of fused-ring (bicyclic) bond motifs is 1. The average Bonchev–Trinajstić information content (AvgIpc) is 3.12. The number of hydrogen-bond donors (Lipinski definition) is 1. The van der Waals surface area contributed by atoms with Crippen molar-refractivity contribution in [2.24, 2.45) is 0 Å². The topological polar surface area (TPSA) is 64.6 Å². The molecular formula is C24H31NO4S. The highest BCUT2D eigenvalue weighted by molar-refractivity contribution is 7.17. The van der Waals surface area contributed by atoms with Crippen LogP contribution in [0, 0.1) is 0 Å². The number of nitrogens with one attached hydrogen (secondary N) is 1. The predicted molar refractivity (Wildman–Crippen MR) is 121 cm³/mol. The van der Waals surface area contributed by atoms with Crippen LogP contribution in [0.15, 0.2) is 24.3 Å².